The second-order valence-electron chi connectivity index (χ2n) is 4.37. The molecule has 0 aliphatic heterocycles. The number of aliphatic carboxylic acids is 1. The molecule has 0 atom stereocenters. The first-order valence-corrected chi connectivity index (χ1v) is 5.89. The molecule has 19 heavy (non-hydrogen) atoms. The number of carbonyl (C=O) groups is 2. The van der Waals surface area contributed by atoms with Crippen molar-refractivity contribution in [3.8, 4) is 0 Å². The summed E-state index contributed by atoms with van der Waals surface area (Å²) in [5, 5.41) is 11.4. The zero-order chi connectivity index (χ0) is 14.4. The van der Waals surface area contributed by atoms with Gasteiger partial charge in [0.2, 0.25) is 0 Å². The molecule has 2 amide bonds. The average Bonchev–Trinajstić information content (AvgIpc) is 2.26. The minimum Gasteiger partial charge on any atom is -0.480 e. The minimum atomic E-state index is -1.06. The molecule has 1 aromatic rings. The van der Waals surface area contributed by atoms with Crippen LogP contribution in [0.4, 0.5) is 10.5 Å². The highest BCUT2D eigenvalue weighted by Crippen LogP contribution is 2.14. The van der Waals surface area contributed by atoms with E-state index in [9.17, 15) is 9.59 Å². The van der Waals surface area contributed by atoms with Crippen molar-refractivity contribution in [2.24, 2.45) is 0 Å². The summed E-state index contributed by atoms with van der Waals surface area (Å²) in [7, 11) is 0. The SMILES string of the molecule is C=CCN(CC(=O)O)C(=O)Nc1cc(C)cc(C)c1. The molecule has 5 nitrogen and oxygen atoms in total. The van der Waals surface area contributed by atoms with Crippen LogP contribution in [0.3, 0.4) is 0 Å². The zero-order valence-corrected chi connectivity index (χ0v) is 11.1. The number of anilines is 1. The molecule has 1 aromatic carbocycles. The maximum atomic E-state index is 12.0. The first-order chi connectivity index (χ1) is 8.92. The van der Waals surface area contributed by atoms with Gasteiger partial charge in [-0.3, -0.25) is 4.79 Å². The number of amides is 2. The number of rotatable bonds is 5. The second kappa shape index (κ2) is 6.58. The number of carboxylic acids is 1. The van der Waals surface area contributed by atoms with E-state index in [2.05, 4.69) is 11.9 Å². The normalized spacial score (nSPS) is 9.79. The van der Waals surface area contributed by atoms with Gasteiger partial charge >= 0.3 is 12.0 Å². The Balaban J connectivity index is 2.80. The van der Waals surface area contributed by atoms with Crippen LogP contribution in [0.1, 0.15) is 11.1 Å². The van der Waals surface area contributed by atoms with Crippen LogP contribution in [-0.2, 0) is 4.79 Å². The van der Waals surface area contributed by atoms with Gasteiger partial charge in [-0.05, 0) is 37.1 Å². The van der Waals surface area contributed by atoms with Crippen molar-refractivity contribution >= 4 is 17.7 Å². The van der Waals surface area contributed by atoms with Crippen molar-refractivity contribution in [2.45, 2.75) is 13.8 Å². The second-order valence-corrected chi connectivity index (χ2v) is 4.37. The number of urea groups is 1. The van der Waals surface area contributed by atoms with Gasteiger partial charge in [0.25, 0.3) is 0 Å². The summed E-state index contributed by atoms with van der Waals surface area (Å²) in [4.78, 5) is 23.8. The van der Waals surface area contributed by atoms with Crippen molar-refractivity contribution in [3.05, 3.63) is 42.0 Å². The Kier molecular flexibility index (Phi) is 5.11. The summed E-state index contributed by atoms with van der Waals surface area (Å²) < 4.78 is 0. The Morgan fingerprint density at radius 3 is 2.37 bits per heavy atom. The van der Waals surface area contributed by atoms with E-state index in [4.69, 9.17) is 5.11 Å². The van der Waals surface area contributed by atoms with E-state index in [1.807, 2.05) is 32.0 Å². The molecule has 0 fully saturated rings. The first kappa shape index (κ1) is 14.8. The Morgan fingerprint density at radius 1 is 1.32 bits per heavy atom. The maximum absolute atomic E-state index is 12.0. The van der Waals surface area contributed by atoms with Crippen LogP contribution in [0, 0.1) is 13.8 Å². The number of nitrogens with zero attached hydrogens (tertiary/aromatic N) is 1. The topological polar surface area (TPSA) is 69.6 Å². The van der Waals surface area contributed by atoms with Crippen molar-refractivity contribution in [3.63, 3.8) is 0 Å². The smallest absolute Gasteiger partial charge is 0.323 e. The maximum Gasteiger partial charge on any atom is 0.323 e. The van der Waals surface area contributed by atoms with E-state index >= 15 is 0 Å². The zero-order valence-electron chi connectivity index (χ0n) is 11.1. The van der Waals surface area contributed by atoms with Crippen LogP contribution in [0.15, 0.2) is 30.9 Å². The number of hydrogen-bond acceptors (Lipinski definition) is 2. The van der Waals surface area contributed by atoms with E-state index in [1.54, 1.807) is 0 Å². The van der Waals surface area contributed by atoms with E-state index in [0.29, 0.717) is 5.69 Å². The molecule has 0 saturated carbocycles. The van der Waals surface area contributed by atoms with Crippen molar-refractivity contribution in [1.29, 1.82) is 0 Å². The summed E-state index contributed by atoms with van der Waals surface area (Å²) >= 11 is 0. The first-order valence-electron chi connectivity index (χ1n) is 5.89. The Morgan fingerprint density at radius 2 is 1.89 bits per heavy atom. The number of carbonyl (C=O) groups excluding carboxylic acids is 1. The average molecular weight is 262 g/mol. The van der Waals surface area contributed by atoms with E-state index in [-0.39, 0.29) is 13.1 Å². The van der Waals surface area contributed by atoms with Gasteiger partial charge in [0, 0.05) is 12.2 Å². The highest BCUT2D eigenvalue weighted by molar-refractivity contribution is 5.91. The fourth-order valence-corrected chi connectivity index (χ4v) is 1.79. The summed E-state index contributed by atoms with van der Waals surface area (Å²) in [5.41, 5.74) is 2.72. The van der Waals surface area contributed by atoms with Crippen LogP contribution in [-0.4, -0.2) is 35.1 Å². The molecule has 5 heteroatoms. The number of carboxylic acid groups (broad SMARTS) is 1. The van der Waals surface area contributed by atoms with E-state index in [0.717, 1.165) is 11.1 Å². The van der Waals surface area contributed by atoms with Gasteiger partial charge in [-0.1, -0.05) is 12.1 Å². The predicted octanol–water partition coefficient (Wildman–Crippen LogP) is 2.41. The number of hydrogen-bond donors (Lipinski definition) is 2. The molecular weight excluding hydrogens is 244 g/mol. The molecule has 0 spiro atoms. The van der Waals surface area contributed by atoms with Crippen LogP contribution in [0.2, 0.25) is 0 Å². The molecule has 0 bridgehead atoms. The standard InChI is InChI=1S/C14H18N2O3/c1-4-5-16(9-13(17)18)14(19)15-12-7-10(2)6-11(3)8-12/h4,6-8H,1,5,9H2,2-3H3,(H,15,19)(H,17,18). The molecule has 0 radical (unpaired) electrons. The largest absolute Gasteiger partial charge is 0.480 e. The highest BCUT2D eigenvalue weighted by atomic mass is 16.4. The van der Waals surface area contributed by atoms with Gasteiger partial charge in [0.15, 0.2) is 0 Å². The van der Waals surface area contributed by atoms with Gasteiger partial charge in [0.1, 0.15) is 6.54 Å². The summed E-state index contributed by atoms with van der Waals surface area (Å²) in [6, 6.07) is 5.21. The van der Waals surface area contributed by atoms with Crippen molar-refractivity contribution in [1.82, 2.24) is 4.90 Å². The van der Waals surface area contributed by atoms with Crippen LogP contribution < -0.4 is 5.32 Å². The summed E-state index contributed by atoms with van der Waals surface area (Å²) in [6.07, 6.45) is 1.49. The lowest BCUT2D eigenvalue weighted by molar-refractivity contribution is -0.137. The molecule has 0 aromatic heterocycles. The fourth-order valence-electron chi connectivity index (χ4n) is 1.79. The highest BCUT2D eigenvalue weighted by Gasteiger charge is 2.15. The van der Waals surface area contributed by atoms with Crippen LogP contribution >= 0.6 is 0 Å². The lowest BCUT2D eigenvalue weighted by atomic mass is 10.1. The molecule has 0 aliphatic carbocycles. The Hall–Kier alpha value is -2.30. The van der Waals surface area contributed by atoms with E-state index < -0.39 is 12.0 Å². The minimum absolute atomic E-state index is 0.183. The van der Waals surface area contributed by atoms with Crippen LogP contribution in [0.5, 0.6) is 0 Å². The molecule has 102 valence electrons. The fraction of sp³-hybridized carbons (Fsp3) is 0.286. The van der Waals surface area contributed by atoms with Crippen molar-refractivity contribution in [2.75, 3.05) is 18.4 Å². The summed E-state index contributed by atoms with van der Waals surface area (Å²) in [5.74, 6) is -1.06. The lowest BCUT2D eigenvalue weighted by Gasteiger charge is -2.19. The van der Waals surface area contributed by atoms with E-state index in [1.165, 1.54) is 11.0 Å². The quantitative estimate of drug-likeness (QED) is 0.800. The molecule has 0 unspecified atom stereocenters. The van der Waals surface area contributed by atoms with Crippen molar-refractivity contribution < 1.29 is 14.7 Å². The number of aryl methyl sites for hydroxylation is 2. The summed E-state index contributed by atoms with van der Waals surface area (Å²) in [6.45, 7) is 7.20. The molecule has 1 rings (SSSR count). The third-order valence-corrected chi connectivity index (χ3v) is 2.44. The van der Waals surface area contributed by atoms with Gasteiger partial charge in [-0.15, -0.1) is 6.58 Å². The number of benzene rings is 1. The Bertz CT molecular complexity index is 477. The van der Waals surface area contributed by atoms with Gasteiger partial charge in [-0.25, -0.2) is 4.79 Å². The van der Waals surface area contributed by atoms with Crippen LogP contribution in [0.25, 0.3) is 0 Å². The molecule has 0 aliphatic rings. The predicted molar refractivity (Wildman–Crippen MR) is 74.3 cm³/mol. The Labute approximate surface area is 112 Å². The van der Waals surface area contributed by atoms with Gasteiger partial charge in [-0.2, -0.15) is 0 Å². The monoisotopic (exact) mass is 262 g/mol. The van der Waals surface area contributed by atoms with Gasteiger partial charge in [0.05, 0.1) is 0 Å². The molecule has 2 N–H and O–H groups in total. The number of nitrogens with one attached hydrogen (secondary N) is 1. The molecule has 0 heterocycles. The molecule has 0 saturated heterocycles. The third-order valence-electron chi connectivity index (χ3n) is 2.44. The third kappa shape index (κ3) is 4.83. The molecular formula is C14H18N2O3. The van der Waals surface area contributed by atoms with Gasteiger partial charge < -0.3 is 15.3 Å². The lowest BCUT2D eigenvalue weighted by Crippen LogP contribution is -2.38.